The molecule has 6 nitrogen and oxygen atoms in total. The molecule has 0 aromatic carbocycles. The van der Waals surface area contributed by atoms with Gasteiger partial charge in [-0.3, -0.25) is 0 Å². The summed E-state index contributed by atoms with van der Waals surface area (Å²) < 4.78 is 138. The molecule has 0 rings (SSSR count). The molecule has 0 aliphatic carbocycles. The van der Waals surface area contributed by atoms with E-state index in [0.717, 1.165) is 4.72 Å². The topological polar surface area (TPSA) is 86.3 Å². The number of carbonyl (C=O) groups is 1. The van der Waals surface area contributed by atoms with Crippen molar-refractivity contribution in [1.82, 2.24) is 4.72 Å². The lowest BCUT2D eigenvalue weighted by Crippen LogP contribution is -2.65. The van der Waals surface area contributed by atoms with Gasteiger partial charge in [0.2, 0.25) is 0 Å². The van der Waals surface area contributed by atoms with Crippen molar-refractivity contribution in [3.05, 3.63) is 0 Å². The van der Waals surface area contributed by atoms with Gasteiger partial charge in [-0.15, -0.1) is 0 Å². The maximum absolute atomic E-state index is 13.4. The Bertz CT molecular complexity index is 662. The number of nitrogens with zero attached hydrogens (tertiary/aromatic N) is 1. The van der Waals surface area contributed by atoms with Crippen LogP contribution in [0.3, 0.4) is 0 Å². The number of alkyl halides is 9. The standard InChI is InChI=1S/C12H17F9N2O4S/c1-23(2,7-4-8(24)25)6-3-5-22-28(26,27)12(20,21)10(15,16)9(13,14)11(17,18)19/h22H,3-7H2,1-2H3. The molecule has 28 heavy (non-hydrogen) atoms. The minimum Gasteiger partial charge on any atom is -0.550 e. The molecule has 16 heteroatoms. The molecule has 0 unspecified atom stereocenters. The lowest BCUT2D eigenvalue weighted by atomic mass is 10.1. The molecule has 0 aliphatic heterocycles. The molecule has 0 saturated heterocycles. The van der Waals surface area contributed by atoms with Crippen LogP contribution >= 0.6 is 0 Å². The van der Waals surface area contributed by atoms with E-state index < -0.39 is 52.2 Å². The van der Waals surface area contributed by atoms with Crippen molar-refractivity contribution in [1.29, 1.82) is 0 Å². The van der Waals surface area contributed by atoms with Crippen molar-refractivity contribution in [2.24, 2.45) is 0 Å². The van der Waals surface area contributed by atoms with Gasteiger partial charge in [-0.2, -0.15) is 39.5 Å². The van der Waals surface area contributed by atoms with Gasteiger partial charge in [0.05, 0.1) is 27.2 Å². The summed E-state index contributed by atoms with van der Waals surface area (Å²) in [6, 6.07) is 0. The molecule has 0 spiro atoms. The third-order valence-corrected chi connectivity index (χ3v) is 5.12. The predicted octanol–water partition coefficient (Wildman–Crippen LogP) is 0.938. The first-order valence-corrected chi connectivity index (χ1v) is 8.82. The van der Waals surface area contributed by atoms with E-state index in [1.807, 2.05) is 0 Å². The van der Waals surface area contributed by atoms with Crippen LogP contribution in [0.4, 0.5) is 39.5 Å². The van der Waals surface area contributed by atoms with Crippen molar-refractivity contribution in [3.8, 4) is 0 Å². The molecule has 0 aromatic rings. The molecule has 0 aliphatic rings. The fourth-order valence-electron chi connectivity index (χ4n) is 1.84. The lowest BCUT2D eigenvalue weighted by Gasteiger charge is -2.33. The Morgan fingerprint density at radius 3 is 1.79 bits per heavy atom. The van der Waals surface area contributed by atoms with Crippen LogP contribution in [-0.2, 0) is 14.8 Å². The first-order valence-electron chi connectivity index (χ1n) is 7.33. The van der Waals surface area contributed by atoms with E-state index >= 15 is 0 Å². The highest BCUT2D eigenvalue weighted by Gasteiger charge is 2.85. The molecule has 0 aromatic heterocycles. The van der Waals surface area contributed by atoms with E-state index in [1.165, 1.54) is 14.1 Å². The summed E-state index contributed by atoms with van der Waals surface area (Å²) in [6.07, 6.45) is -7.89. The van der Waals surface area contributed by atoms with E-state index in [1.54, 1.807) is 0 Å². The number of nitrogens with one attached hydrogen (secondary N) is 1. The highest BCUT2D eigenvalue weighted by atomic mass is 32.2. The van der Waals surface area contributed by atoms with Gasteiger partial charge in [0.15, 0.2) is 0 Å². The van der Waals surface area contributed by atoms with Gasteiger partial charge in [-0.05, 0) is 0 Å². The number of hydrogen-bond acceptors (Lipinski definition) is 4. The van der Waals surface area contributed by atoms with Crippen LogP contribution in [-0.4, -0.2) is 75.9 Å². The van der Waals surface area contributed by atoms with Crippen LogP contribution in [0.1, 0.15) is 12.8 Å². The molecule has 0 atom stereocenters. The minimum atomic E-state index is -7.32. The zero-order valence-electron chi connectivity index (χ0n) is 14.4. The van der Waals surface area contributed by atoms with Crippen molar-refractivity contribution in [2.45, 2.75) is 36.1 Å². The minimum absolute atomic E-state index is 0.0267. The monoisotopic (exact) mass is 456 g/mol. The Labute approximate surface area is 153 Å². The molecular formula is C12H17F9N2O4S. The first kappa shape index (κ1) is 26.7. The van der Waals surface area contributed by atoms with E-state index in [-0.39, 0.29) is 24.0 Å². The number of aliphatic carboxylic acids is 1. The van der Waals surface area contributed by atoms with Crippen molar-refractivity contribution >= 4 is 16.0 Å². The Morgan fingerprint density at radius 2 is 1.39 bits per heavy atom. The lowest BCUT2D eigenvalue weighted by molar-refractivity contribution is -0.890. The van der Waals surface area contributed by atoms with Crippen LogP contribution in [0, 0.1) is 0 Å². The highest BCUT2D eigenvalue weighted by Crippen LogP contribution is 2.54. The number of carboxylic acid groups (broad SMARTS) is 1. The van der Waals surface area contributed by atoms with Gasteiger partial charge in [0.1, 0.15) is 0 Å². The normalized spacial score (nSPS) is 15.0. The van der Waals surface area contributed by atoms with Gasteiger partial charge in [0.25, 0.3) is 10.0 Å². The second kappa shape index (κ2) is 8.22. The van der Waals surface area contributed by atoms with Crippen molar-refractivity contribution < 1.29 is 62.3 Å². The second-order valence-electron chi connectivity index (χ2n) is 6.42. The summed E-state index contributed by atoms with van der Waals surface area (Å²) >= 11 is 0. The van der Waals surface area contributed by atoms with Crippen molar-refractivity contribution in [2.75, 3.05) is 33.7 Å². The number of rotatable bonds is 11. The molecule has 0 fully saturated rings. The molecule has 1 N–H and O–H groups in total. The second-order valence-corrected chi connectivity index (χ2v) is 8.23. The summed E-state index contributed by atoms with van der Waals surface area (Å²) in [4.78, 5) is 10.4. The average Bonchev–Trinajstić information content (AvgIpc) is 2.48. The van der Waals surface area contributed by atoms with Crippen LogP contribution in [0.15, 0.2) is 0 Å². The molecule has 0 amide bonds. The summed E-state index contributed by atoms with van der Waals surface area (Å²) in [5.74, 6) is -16.0. The number of hydrogen-bond donors (Lipinski definition) is 1. The largest absolute Gasteiger partial charge is 0.550 e. The fourth-order valence-corrected chi connectivity index (χ4v) is 2.90. The molecular weight excluding hydrogens is 439 g/mol. The Hall–Kier alpha value is -1.29. The highest BCUT2D eigenvalue weighted by molar-refractivity contribution is 7.90. The quantitative estimate of drug-likeness (QED) is 0.285. The molecule has 0 radical (unpaired) electrons. The van der Waals surface area contributed by atoms with E-state index in [2.05, 4.69) is 0 Å². The molecule has 0 saturated carbocycles. The number of carboxylic acids is 1. The van der Waals surface area contributed by atoms with E-state index in [9.17, 15) is 57.8 Å². The van der Waals surface area contributed by atoms with Crippen LogP contribution in [0.25, 0.3) is 0 Å². The Morgan fingerprint density at radius 1 is 0.929 bits per heavy atom. The van der Waals surface area contributed by atoms with E-state index in [0.29, 0.717) is 0 Å². The zero-order valence-corrected chi connectivity index (χ0v) is 15.2. The first-order chi connectivity index (χ1) is 12.1. The molecule has 168 valence electrons. The summed E-state index contributed by atoms with van der Waals surface area (Å²) in [7, 11) is -3.73. The maximum atomic E-state index is 13.4. The average molecular weight is 456 g/mol. The Balaban J connectivity index is 5.17. The number of quaternary nitrogens is 1. The van der Waals surface area contributed by atoms with Gasteiger partial charge in [0, 0.05) is 25.4 Å². The smallest absolute Gasteiger partial charge is 0.460 e. The van der Waals surface area contributed by atoms with E-state index in [4.69, 9.17) is 0 Å². The zero-order chi connectivity index (χ0) is 22.8. The number of sulfonamides is 1. The molecule has 0 bridgehead atoms. The predicted molar refractivity (Wildman–Crippen MR) is 73.9 cm³/mol. The number of halogens is 9. The molecule has 0 heterocycles. The van der Waals surface area contributed by atoms with Gasteiger partial charge in [-0.25, -0.2) is 13.1 Å². The Kier molecular flexibility index (Phi) is 7.84. The SMILES string of the molecule is C[N+](C)(CCCNS(=O)(=O)C(F)(F)C(F)(F)C(F)(F)C(F)(F)F)CCC(=O)[O-]. The summed E-state index contributed by atoms with van der Waals surface area (Å²) in [5, 5.41) is 3.58. The fraction of sp³-hybridized carbons (Fsp3) is 0.917. The summed E-state index contributed by atoms with van der Waals surface area (Å²) in [6.45, 7) is -1.10. The van der Waals surface area contributed by atoms with Crippen LogP contribution < -0.4 is 9.83 Å². The van der Waals surface area contributed by atoms with Gasteiger partial charge >= 0.3 is 23.3 Å². The summed E-state index contributed by atoms with van der Waals surface area (Å²) in [5.41, 5.74) is 0. The van der Waals surface area contributed by atoms with Crippen LogP contribution in [0.5, 0.6) is 0 Å². The van der Waals surface area contributed by atoms with Crippen LogP contribution in [0.2, 0.25) is 0 Å². The van der Waals surface area contributed by atoms with Crippen molar-refractivity contribution in [3.63, 3.8) is 0 Å². The maximum Gasteiger partial charge on any atom is 0.460 e. The van der Waals surface area contributed by atoms with Gasteiger partial charge < -0.3 is 14.4 Å². The third kappa shape index (κ3) is 5.62. The number of carbonyl (C=O) groups excluding carboxylic acids is 1. The van der Waals surface area contributed by atoms with Gasteiger partial charge in [-0.1, -0.05) is 0 Å². The third-order valence-electron chi connectivity index (χ3n) is 3.61.